The van der Waals surface area contributed by atoms with E-state index in [4.69, 9.17) is 15.2 Å². The van der Waals surface area contributed by atoms with Crippen molar-refractivity contribution in [2.45, 2.75) is 51.6 Å². The van der Waals surface area contributed by atoms with Gasteiger partial charge in [0.1, 0.15) is 11.8 Å². The van der Waals surface area contributed by atoms with Crippen molar-refractivity contribution < 1.29 is 19.1 Å². The van der Waals surface area contributed by atoms with Crippen LogP contribution in [0.2, 0.25) is 0 Å². The normalized spacial score (nSPS) is 14.4. The van der Waals surface area contributed by atoms with E-state index in [2.05, 4.69) is 19.2 Å². The zero-order valence-electron chi connectivity index (χ0n) is 15.1. The maximum absolute atomic E-state index is 12.0. The Morgan fingerprint density at radius 2 is 1.92 bits per heavy atom. The smallest absolute Gasteiger partial charge is 0.328 e. The van der Waals surface area contributed by atoms with Crippen molar-refractivity contribution in [2.75, 3.05) is 14.2 Å². The molecule has 6 nitrogen and oxygen atoms in total. The van der Waals surface area contributed by atoms with Gasteiger partial charge in [-0.2, -0.15) is 0 Å². The highest BCUT2D eigenvalue weighted by Crippen LogP contribution is 2.30. The molecule has 0 fully saturated rings. The van der Waals surface area contributed by atoms with Crippen LogP contribution in [0.3, 0.4) is 0 Å². The Kier molecular flexibility index (Phi) is 7.71. The molecule has 0 aromatic heterocycles. The molecule has 3 N–H and O–H groups in total. The van der Waals surface area contributed by atoms with Gasteiger partial charge in [-0.05, 0) is 36.5 Å². The summed E-state index contributed by atoms with van der Waals surface area (Å²) in [5, 5.41) is 2.64. The first-order valence-electron chi connectivity index (χ1n) is 8.14. The Morgan fingerprint density at radius 1 is 1.25 bits per heavy atom. The van der Waals surface area contributed by atoms with Crippen LogP contribution in [-0.4, -0.2) is 38.2 Å². The fourth-order valence-electron chi connectivity index (χ4n) is 2.39. The average Bonchev–Trinajstić information content (AvgIpc) is 2.59. The number of nitrogens with one attached hydrogen (secondary N) is 1. The Balaban J connectivity index is 3.05. The molecule has 3 atom stereocenters. The van der Waals surface area contributed by atoms with Gasteiger partial charge in [0, 0.05) is 6.42 Å². The molecule has 6 heteroatoms. The number of methoxy groups -OCH3 is 2. The molecule has 0 saturated carbocycles. The number of nitrogens with two attached hydrogens (primary N) is 1. The summed E-state index contributed by atoms with van der Waals surface area (Å²) in [7, 11) is 2.94. The van der Waals surface area contributed by atoms with E-state index in [-0.39, 0.29) is 5.91 Å². The predicted octanol–water partition coefficient (Wildman–Crippen LogP) is 1.76. The quantitative estimate of drug-likeness (QED) is 0.706. The Bertz CT molecular complexity index is 572. The third kappa shape index (κ3) is 5.23. The van der Waals surface area contributed by atoms with Crippen LogP contribution < -0.4 is 15.8 Å². The van der Waals surface area contributed by atoms with Gasteiger partial charge >= 0.3 is 5.97 Å². The molecule has 1 amide bonds. The number of carbonyl (C=O) groups excluding carboxylic acids is 2. The van der Waals surface area contributed by atoms with Crippen LogP contribution in [0.4, 0.5) is 0 Å². The summed E-state index contributed by atoms with van der Waals surface area (Å²) in [4.78, 5) is 23.8. The summed E-state index contributed by atoms with van der Waals surface area (Å²) in [5.41, 5.74) is 7.56. The number of ether oxygens (including phenoxy) is 2. The number of benzene rings is 1. The zero-order chi connectivity index (χ0) is 18.3. The predicted molar refractivity (Wildman–Crippen MR) is 93.0 cm³/mol. The van der Waals surface area contributed by atoms with Crippen LogP contribution in [-0.2, 0) is 20.7 Å². The van der Waals surface area contributed by atoms with Crippen LogP contribution in [0.25, 0.3) is 0 Å². The van der Waals surface area contributed by atoms with Crippen molar-refractivity contribution in [3.8, 4) is 5.75 Å². The van der Waals surface area contributed by atoms with E-state index in [0.29, 0.717) is 12.3 Å². The minimum Gasteiger partial charge on any atom is -0.496 e. The molecule has 0 aliphatic rings. The molecular weight excluding hydrogens is 308 g/mol. The van der Waals surface area contributed by atoms with Crippen molar-refractivity contribution in [2.24, 2.45) is 5.73 Å². The minimum atomic E-state index is -0.772. The summed E-state index contributed by atoms with van der Waals surface area (Å²) >= 11 is 0. The van der Waals surface area contributed by atoms with E-state index in [1.54, 1.807) is 14.0 Å². The lowest BCUT2D eigenvalue weighted by Gasteiger charge is -2.20. The number of carbonyl (C=O) groups is 2. The van der Waals surface area contributed by atoms with Crippen molar-refractivity contribution in [1.82, 2.24) is 5.32 Å². The molecule has 24 heavy (non-hydrogen) atoms. The standard InChI is InChI=1S/C18H28N2O4/c1-6-11(2)14-9-13(7-8-16(14)23-4)10-15(18(22)24-5)20-17(21)12(3)19/h7-9,11-12,15H,6,10,19H2,1-5H3,(H,20,21)/t11?,12-,15-/m0/s1. The van der Waals surface area contributed by atoms with E-state index in [1.165, 1.54) is 7.11 Å². The highest BCUT2D eigenvalue weighted by molar-refractivity contribution is 5.87. The van der Waals surface area contributed by atoms with Crippen LogP contribution in [0, 0.1) is 0 Å². The topological polar surface area (TPSA) is 90.7 Å². The van der Waals surface area contributed by atoms with Crippen LogP contribution in [0.5, 0.6) is 5.75 Å². The SMILES string of the molecule is CCC(C)c1cc(C[C@H](NC(=O)[C@H](C)N)C(=O)OC)ccc1OC. The fourth-order valence-corrected chi connectivity index (χ4v) is 2.39. The van der Waals surface area contributed by atoms with Gasteiger partial charge < -0.3 is 20.5 Å². The van der Waals surface area contributed by atoms with Crippen LogP contribution in [0.1, 0.15) is 44.2 Å². The second-order valence-corrected chi connectivity index (χ2v) is 5.96. The summed E-state index contributed by atoms with van der Waals surface area (Å²) < 4.78 is 10.2. The van der Waals surface area contributed by atoms with Gasteiger partial charge in [-0.25, -0.2) is 4.79 Å². The number of hydrogen-bond acceptors (Lipinski definition) is 5. The molecule has 0 aliphatic heterocycles. The van der Waals surface area contributed by atoms with Gasteiger partial charge in [0.05, 0.1) is 20.3 Å². The lowest BCUT2D eigenvalue weighted by Crippen LogP contribution is -2.48. The molecule has 0 saturated heterocycles. The number of esters is 1. The van der Waals surface area contributed by atoms with Gasteiger partial charge in [0.2, 0.25) is 5.91 Å². The van der Waals surface area contributed by atoms with Gasteiger partial charge in [-0.15, -0.1) is 0 Å². The van der Waals surface area contributed by atoms with Gasteiger partial charge in [0.25, 0.3) is 0 Å². The highest BCUT2D eigenvalue weighted by atomic mass is 16.5. The lowest BCUT2D eigenvalue weighted by molar-refractivity contribution is -0.145. The molecule has 0 aliphatic carbocycles. The molecule has 0 bridgehead atoms. The maximum atomic E-state index is 12.0. The largest absolute Gasteiger partial charge is 0.496 e. The third-order valence-electron chi connectivity index (χ3n) is 4.09. The van der Waals surface area contributed by atoms with E-state index in [1.807, 2.05) is 18.2 Å². The van der Waals surface area contributed by atoms with Crippen molar-refractivity contribution in [1.29, 1.82) is 0 Å². The monoisotopic (exact) mass is 336 g/mol. The van der Waals surface area contributed by atoms with Gasteiger partial charge in [0.15, 0.2) is 0 Å². The minimum absolute atomic E-state index is 0.329. The Morgan fingerprint density at radius 3 is 2.42 bits per heavy atom. The fraction of sp³-hybridized carbons (Fsp3) is 0.556. The lowest BCUT2D eigenvalue weighted by atomic mass is 9.94. The van der Waals surface area contributed by atoms with Crippen molar-refractivity contribution in [3.05, 3.63) is 29.3 Å². The van der Waals surface area contributed by atoms with Gasteiger partial charge in [-0.3, -0.25) is 4.79 Å². The Labute approximate surface area is 143 Å². The summed E-state index contributed by atoms with van der Waals surface area (Å²) in [5.74, 6) is 0.267. The molecule has 134 valence electrons. The molecule has 0 radical (unpaired) electrons. The highest BCUT2D eigenvalue weighted by Gasteiger charge is 2.24. The third-order valence-corrected chi connectivity index (χ3v) is 4.09. The first-order chi connectivity index (χ1) is 11.3. The van der Waals surface area contributed by atoms with E-state index in [0.717, 1.165) is 23.3 Å². The average molecular weight is 336 g/mol. The number of hydrogen-bond donors (Lipinski definition) is 2. The van der Waals surface area contributed by atoms with Crippen molar-refractivity contribution >= 4 is 11.9 Å². The van der Waals surface area contributed by atoms with Crippen LogP contribution in [0.15, 0.2) is 18.2 Å². The molecule has 1 aromatic carbocycles. The second-order valence-electron chi connectivity index (χ2n) is 5.96. The van der Waals surface area contributed by atoms with E-state index < -0.39 is 18.1 Å². The molecule has 1 unspecified atom stereocenters. The van der Waals surface area contributed by atoms with Gasteiger partial charge in [-0.1, -0.05) is 26.0 Å². The molecule has 1 aromatic rings. The van der Waals surface area contributed by atoms with Crippen molar-refractivity contribution in [3.63, 3.8) is 0 Å². The second kappa shape index (κ2) is 9.27. The maximum Gasteiger partial charge on any atom is 0.328 e. The molecular formula is C18H28N2O4. The van der Waals surface area contributed by atoms with Crippen LogP contribution >= 0.6 is 0 Å². The summed E-state index contributed by atoms with van der Waals surface area (Å²) in [6.45, 7) is 5.80. The molecule has 0 spiro atoms. The first-order valence-corrected chi connectivity index (χ1v) is 8.14. The van der Waals surface area contributed by atoms with E-state index >= 15 is 0 Å². The molecule has 1 rings (SSSR count). The summed E-state index contributed by atoms with van der Waals surface area (Å²) in [6, 6.07) is 4.33. The Hall–Kier alpha value is -2.08. The molecule has 0 heterocycles. The first kappa shape index (κ1) is 20.0. The van der Waals surface area contributed by atoms with E-state index in [9.17, 15) is 9.59 Å². The summed E-state index contributed by atoms with van der Waals surface area (Å²) in [6.07, 6.45) is 1.31. The number of amides is 1. The zero-order valence-corrected chi connectivity index (χ0v) is 15.1. The number of rotatable bonds is 8.